The van der Waals surface area contributed by atoms with Crippen molar-refractivity contribution in [3.05, 3.63) is 94.7 Å². The summed E-state index contributed by atoms with van der Waals surface area (Å²) in [5, 5.41) is 2.50. The molecule has 1 heterocycles. The van der Waals surface area contributed by atoms with Crippen molar-refractivity contribution in [1.82, 2.24) is 0 Å². The Morgan fingerprint density at radius 2 is 1.53 bits per heavy atom. The molecule has 1 aliphatic heterocycles. The maximum Gasteiger partial charge on any atom is 0.343 e. The summed E-state index contributed by atoms with van der Waals surface area (Å²) >= 11 is 6.23. The fraction of sp³-hybridized carbons (Fsp3) is 0.143. The number of carbonyl (C=O) groups is 4. The minimum absolute atomic E-state index is 0.0630. The van der Waals surface area contributed by atoms with Crippen LogP contribution in [0.5, 0.6) is 11.5 Å². The molecule has 1 aliphatic rings. The zero-order valence-corrected chi connectivity index (χ0v) is 21.3. The first-order chi connectivity index (χ1) is 18.3. The molecule has 3 aromatic carbocycles. The van der Waals surface area contributed by atoms with E-state index in [0.717, 1.165) is 4.90 Å². The molecule has 4 rings (SSSR count). The molecule has 2 amide bonds. The van der Waals surface area contributed by atoms with Crippen molar-refractivity contribution in [2.75, 3.05) is 23.9 Å². The number of imide groups is 1. The van der Waals surface area contributed by atoms with E-state index >= 15 is 0 Å². The fourth-order valence-corrected chi connectivity index (χ4v) is 3.80. The van der Waals surface area contributed by atoms with Crippen molar-refractivity contribution in [2.45, 2.75) is 13.3 Å². The van der Waals surface area contributed by atoms with Crippen LogP contribution in [0.3, 0.4) is 0 Å². The number of ether oxygens (including phenoxy) is 3. The summed E-state index contributed by atoms with van der Waals surface area (Å²) in [6, 6.07) is 18.8. The largest absolute Gasteiger partial charge is 0.497 e. The standard InChI is InChI=1S/C28H23ClN2O7/c1-3-16-37-28(35)21-6-4-5-7-22(21)31-25(32)23(29)24(26(31)33)30-18-10-8-17(9-11-18)27(34)38-20-14-12-19(36-2)13-15-20/h4-15,30H,3,16H2,1-2H3. The number of carbonyl (C=O) groups excluding carboxylic acids is 4. The van der Waals surface area contributed by atoms with Gasteiger partial charge >= 0.3 is 11.9 Å². The van der Waals surface area contributed by atoms with E-state index in [1.54, 1.807) is 36.4 Å². The van der Waals surface area contributed by atoms with Gasteiger partial charge in [-0.1, -0.05) is 30.7 Å². The van der Waals surface area contributed by atoms with Crippen molar-refractivity contribution in [3.8, 4) is 11.5 Å². The number of nitrogens with one attached hydrogen (secondary N) is 1. The highest BCUT2D eigenvalue weighted by atomic mass is 35.5. The van der Waals surface area contributed by atoms with Gasteiger partial charge in [-0.3, -0.25) is 9.59 Å². The lowest BCUT2D eigenvalue weighted by atomic mass is 10.1. The molecule has 0 aromatic heterocycles. The SMILES string of the molecule is CCCOC(=O)c1ccccc1N1C(=O)C(Cl)=C(Nc2ccc(C(=O)Oc3ccc(OC)cc3)cc2)C1=O. The molecule has 9 nitrogen and oxygen atoms in total. The summed E-state index contributed by atoms with van der Waals surface area (Å²) in [5.41, 5.74) is 0.629. The molecule has 38 heavy (non-hydrogen) atoms. The fourth-order valence-electron chi connectivity index (χ4n) is 3.59. The summed E-state index contributed by atoms with van der Waals surface area (Å²) in [7, 11) is 1.54. The number of benzene rings is 3. The smallest absolute Gasteiger partial charge is 0.343 e. The maximum absolute atomic E-state index is 13.2. The number of hydrogen-bond acceptors (Lipinski definition) is 8. The predicted molar refractivity (Wildman–Crippen MR) is 140 cm³/mol. The van der Waals surface area contributed by atoms with Gasteiger partial charge in [0.05, 0.1) is 30.5 Å². The second kappa shape index (κ2) is 11.6. The van der Waals surface area contributed by atoms with Crippen LogP contribution in [0.15, 0.2) is 83.5 Å². The van der Waals surface area contributed by atoms with Crippen LogP contribution < -0.4 is 19.7 Å². The summed E-state index contributed by atoms with van der Waals surface area (Å²) in [6.45, 7) is 2.05. The average molecular weight is 535 g/mol. The van der Waals surface area contributed by atoms with Gasteiger partial charge in [0.2, 0.25) is 0 Å². The highest BCUT2D eigenvalue weighted by molar-refractivity contribution is 6.53. The van der Waals surface area contributed by atoms with Crippen molar-refractivity contribution < 1.29 is 33.4 Å². The first kappa shape index (κ1) is 26.4. The lowest BCUT2D eigenvalue weighted by molar-refractivity contribution is -0.120. The van der Waals surface area contributed by atoms with Crippen molar-refractivity contribution in [2.24, 2.45) is 0 Å². The van der Waals surface area contributed by atoms with Crippen LogP contribution in [0.1, 0.15) is 34.1 Å². The minimum atomic E-state index is -0.783. The van der Waals surface area contributed by atoms with Gasteiger partial charge in [-0.15, -0.1) is 0 Å². The Labute approximate surface area is 223 Å². The Morgan fingerprint density at radius 3 is 2.18 bits per heavy atom. The quantitative estimate of drug-likeness (QED) is 0.234. The van der Waals surface area contributed by atoms with Crippen LogP contribution in [0.25, 0.3) is 0 Å². The Morgan fingerprint density at radius 1 is 0.868 bits per heavy atom. The number of methoxy groups -OCH3 is 1. The molecule has 0 bridgehead atoms. The summed E-state index contributed by atoms with van der Waals surface area (Å²) in [5.74, 6) is -1.77. The molecule has 0 unspecified atom stereocenters. The Hall–Kier alpha value is -4.63. The normalized spacial score (nSPS) is 13.0. The topological polar surface area (TPSA) is 111 Å². The van der Waals surface area contributed by atoms with E-state index in [2.05, 4.69) is 5.32 Å². The molecular weight excluding hydrogens is 512 g/mol. The maximum atomic E-state index is 13.2. The van der Waals surface area contributed by atoms with Crippen LogP contribution in [0, 0.1) is 0 Å². The first-order valence-electron chi connectivity index (χ1n) is 11.6. The zero-order chi connectivity index (χ0) is 27.2. The molecule has 1 N–H and O–H groups in total. The number of halogens is 1. The lowest BCUT2D eigenvalue weighted by Gasteiger charge is -2.18. The molecule has 0 spiro atoms. The highest BCUT2D eigenvalue weighted by Crippen LogP contribution is 2.32. The van der Waals surface area contributed by atoms with E-state index in [9.17, 15) is 19.2 Å². The third-order valence-corrected chi connectivity index (χ3v) is 5.84. The highest BCUT2D eigenvalue weighted by Gasteiger charge is 2.40. The molecule has 0 aliphatic carbocycles. The number of rotatable bonds is 9. The summed E-state index contributed by atoms with van der Waals surface area (Å²) < 4.78 is 15.6. The van der Waals surface area contributed by atoms with E-state index in [4.69, 9.17) is 25.8 Å². The molecule has 194 valence electrons. The summed E-state index contributed by atoms with van der Waals surface area (Å²) in [4.78, 5) is 51.9. The van der Waals surface area contributed by atoms with Gasteiger partial charge in [0.15, 0.2) is 0 Å². The Balaban J connectivity index is 1.48. The Kier molecular flexibility index (Phi) is 8.08. The van der Waals surface area contributed by atoms with Gasteiger partial charge in [0, 0.05) is 5.69 Å². The number of hydrogen-bond donors (Lipinski definition) is 1. The van der Waals surface area contributed by atoms with E-state index in [1.807, 2.05) is 6.92 Å². The van der Waals surface area contributed by atoms with Crippen molar-refractivity contribution in [1.29, 1.82) is 0 Å². The monoisotopic (exact) mass is 534 g/mol. The van der Waals surface area contributed by atoms with Crippen molar-refractivity contribution >= 4 is 46.7 Å². The second-order valence-electron chi connectivity index (χ2n) is 8.06. The summed E-state index contributed by atoms with van der Waals surface area (Å²) in [6.07, 6.45) is 0.620. The zero-order valence-electron chi connectivity index (χ0n) is 20.5. The van der Waals surface area contributed by atoms with Crippen LogP contribution in [0.2, 0.25) is 0 Å². The van der Waals surface area contributed by atoms with Crippen LogP contribution in [0.4, 0.5) is 11.4 Å². The van der Waals surface area contributed by atoms with Gasteiger partial charge in [-0.2, -0.15) is 0 Å². The molecule has 0 saturated carbocycles. The molecule has 0 radical (unpaired) electrons. The van der Waals surface area contributed by atoms with Crippen molar-refractivity contribution in [3.63, 3.8) is 0 Å². The molecular formula is C28H23ClN2O7. The number of amides is 2. The van der Waals surface area contributed by atoms with Gasteiger partial charge in [0.25, 0.3) is 11.8 Å². The molecule has 0 fully saturated rings. The van der Waals surface area contributed by atoms with Gasteiger partial charge in [-0.25, -0.2) is 14.5 Å². The van der Waals surface area contributed by atoms with Gasteiger partial charge in [-0.05, 0) is 67.1 Å². The third-order valence-electron chi connectivity index (χ3n) is 5.49. The number of para-hydroxylation sites is 1. The lowest BCUT2D eigenvalue weighted by Crippen LogP contribution is -2.33. The average Bonchev–Trinajstić information content (AvgIpc) is 3.15. The second-order valence-corrected chi connectivity index (χ2v) is 8.43. The number of esters is 2. The van der Waals surface area contributed by atoms with E-state index in [0.29, 0.717) is 23.6 Å². The number of nitrogens with zero attached hydrogens (tertiary/aromatic N) is 1. The molecule has 0 saturated heterocycles. The minimum Gasteiger partial charge on any atom is -0.497 e. The van der Waals surface area contributed by atoms with Crippen LogP contribution in [-0.2, 0) is 14.3 Å². The van der Waals surface area contributed by atoms with Crippen LogP contribution >= 0.6 is 11.6 Å². The number of anilines is 2. The van der Waals surface area contributed by atoms with E-state index in [1.165, 1.54) is 43.5 Å². The van der Waals surface area contributed by atoms with E-state index < -0.39 is 23.8 Å². The van der Waals surface area contributed by atoms with Crippen LogP contribution in [-0.4, -0.2) is 37.5 Å². The Bertz CT molecular complexity index is 1420. The van der Waals surface area contributed by atoms with Gasteiger partial charge < -0.3 is 19.5 Å². The first-order valence-corrected chi connectivity index (χ1v) is 12.0. The molecule has 3 aromatic rings. The van der Waals surface area contributed by atoms with E-state index in [-0.39, 0.29) is 34.2 Å². The molecule has 10 heteroatoms. The molecule has 0 atom stereocenters. The predicted octanol–water partition coefficient (Wildman–Crippen LogP) is 4.92. The third kappa shape index (κ3) is 5.52. The van der Waals surface area contributed by atoms with Gasteiger partial charge in [0.1, 0.15) is 22.2 Å².